The van der Waals surface area contributed by atoms with Crippen LogP contribution in [0.4, 0.5) is 0 Å². The van der Waals surface area contributed by atoms with Crippen molar-refractivity contribution in [2.45, 2.75) is 17.6 Å². The van der Waals surface area contributed by atoms with Crippen molar-refractivity contribution in [3.63, 3.8) is 0 Å². The van der Waals surface area contributed by atoms with E-state index in [4.69, 9.17) is 14.6 Å². The first-order chi connectivity index (χ1) is 16.6. The van der Waals surface area contributed by atoms with Gasteiger partial charge in [0.1, 0.15) is 5.75 Å². The summed E-state index contributed by atoms with van der Waals surface area (Å²) in [4.78, 5) is 13.6. The Bertz CT molecular complexity index is 1360. The molecule has 1 fully saturated rings. The summed E-state index contributed by atoms with van der Waals surface area (Å²) in [7, 11) is 1.49. The predicted molar refractivity (Wildman–Crippen MR) is 130 cm³/mol. The van der Waals surface area contributed by atoms with Crippen LogP contribution in [-0.4, -0.2) is 34.0 Å². The summed E-state index contributed by atoms with van der Waals surface area (Å²) >= 11 is 1.29. The Morgan fingerprint density at radius 3 is 2.79 bits per heavy atom. The monoisotopic (exact) mass is 471 g/mol. The number of phenolic OH excluding ortho intramolecular Hbond substituents is 1. The fourth-order valence-electron chi connectivity index (χ4n) is 4.48. The van der Waals surface area contributed by atoms with Crippen LogP contribution in [0, 0.1) is 0 Å². The van der Waals surface area contributed by atoms with Crippen molar-refractivity contribution in [1.29, 1.82) is 0 Å². The van der Waals surface area contributed by atoms with Crippen LogP contribution in [0.3, 0.4) is 0 Å². The van der Waals surface area contributed by atoms with E-state index in [1.165, 1.54) is 18.9 Å². The van der Waals surface area contributed by atoms with Gasteiger partial charge in [0.2, 0.25) is 0 Å². The molecule has 2 atom stereocenters. The Kier molecular flexibility index (Phi) is 4.77. The summed E-state index contributed by atoms with van der Waals surface area (Å²) < 4.78 is 11.6. The number of methoxy groups -OCH3 is 1. The normalized spacial score (nSPS) is 23.9. The Balaban J connectivity index is 1.41. The molecule has 1 amide bonds. The third kappa shape index (κ3) is 3.30. The molecule has 3 heterocycles. The second-order valence-electron chi connectivity index (χ2n) is 8.19. The summed E-state index contributed by atoms with van der Waals surface area (Å²) in [5, 5.41) is 18.5. The topological polar surface area (TPSA) is 83.4 Å². The highest BCUT2D eigenvalue weighted by Gasteiger charge is 2.57. The number of hydrogen-bond acceptors (Lipinski definition) is 7. The quantitative estimate of drug-likeness (QED) is 0.549. The van der Waals surface area contributed by atoms with Gasteiger partial charge in [-0.05, 0) is 47.2 Å². The van der Waals surface area contributed by atoms with Gasteiger partial charge in [0.15, 0.2) is 11.5 Å². The average Bonchev–Trinajstić information content (AvgIpc) is 3.44. The van der Waals surface area contributed by atoms with Crippen molar-refractivity contribution < 1.29 is 19.4 Å². The number of aromatic hydroxyl groups is 1. The predicted octanol–water partition coefficient (Wildman–Crippen LogP) is 4.46. The van der Waals surface area contributed by atoms with Gasteiger partial charge in [-0.3, -0.25) is 10.1 Å². The Labute approximate surface area is 200 Å². The van der Waals surface area contributed by atoms with E-state index in [1.807, 2.05) is 59.6 Å². The maximum Gasteiger partial charge on any atom is 0.336 e. The van der Waals surface area contributed by atoms with E-state index in [0.717, 1.165) is 28.2 Å². The Morgan fingerprint density at radius 1 is 1.18 bits per heavy atom. The van der Waals surface area contributed by atoms with Gasteiger partial charge in [0, 0.05) is 12.0 Å². The van der Waals surface area contributed by atoms with Crippen LogP contribution in [0.5, 0.6) is 17.2 Å². The van der Waals surface area contributed by atoms with E-state index >= 15 is 0 Å². The zero-order valence-corrected chi connectivity index (χ0v) is 19.1. The number of thioether (sulfide) groups is 1. The van der Waals surface area contributed by atoms with Gasteiger partial charge in [0.25, 0.3) is 5.91 Å². The molecule has 34 heavy (non-hydrogen) atoms. The number of para-hydroxylation sites is 1. The third-order valence-corrected chi connectivity index (χ3v) is 7.26. The molecule has 170 valence electrons. The number of nitrogens with zero attached hydrogens (tertiary/aromatic N) is 2. The number of ether oxygens (including phenoxy) is 2. The summed E-state index contributed by atoms with van der Waals surface area (Å²) in [6, 6.07) is 22.8. The number of benzene rings is 3. The number of nitrogens with one attached hydrogen (secondary N) is 1. The molecule has 0 saturated carbocycles. The molecule has 3 aromatic rings. The molecular formula is C26H21N3O4S. The van der Waals surface area contributed by atoms with E-state index in [0.29, 0.717) is 17.1 Å². The van der Waals surface area contributed by atoms with Gasteiger partial charge in [-0.25, -0.2) is 5.01 Å². The second-order valence-corrected chi connectivity index (χ2v) is 9.39. The van der Waals surface area contributed by atoms with Crippen molar-refractivity contribution in [2.24, 2.45) is 5.10 Å². The number of hydrazone groups is 1. The molecular weight excluding hydrogens is 450 g/mol. The zero-order valence-electron chi connectivity index (χ0n) is 18.3. The van der Waals surface area contributed by atoms with E-state index in [2.05, 4.69) is 5.32 Å². The molecule has 0 radical (unpaired) electrons. The van der Waals surface area contributed by atoms with Crippen LogP contribution in [0.1, 0.15) is 29.2 Å². The smallest absolute Gasteiger partial charge is 0.336 e. The largest absolute Gasteiger partial charge is 0.504 e. The minimum absolute atomic E-state index is 0.0413. The molecule has 7 nitrogen and oxygen atoms in total. The highest BCUT2D eigenvalue weighted by molar-refractivity contribution is 8.05. The highest BCUT2D eigenvalue weighted by atomic mass is 32.2. The average molecular weight is 472 g/mol. The Hall–Kier alpha value is -3.91. The summed E-state index contributed by atoms with van der Waals surface area (Å²) in [6.07, 6.45) is 2.46. The number of phenols is 1. The van der Waals surface area contributed by atoms with Gasteiger partial charge in [-0.1, -0.05) is 54.6 Å². The highest BCUT2D eigenvalue weighted by Crippen LogP contribution is 2.53. The SMILES string of the molecule is COc1cc(/C=C2\S[C@@]3(NC2=O)Oc2ccccc2[C@@H]2CC(c4ccccc4)=NN23)ccc1O. The molecule has 0 unspecified atom stereocenters. The van der Waals surface area contributed by atoms with Crippen LogP contribution in [0.25, 0.3) is 6.08 Å². The van der Waals surface area contributed by atoms with E-state index in [9.17, 15) is 9.90 Å². The number of hydrogen-bond donors (Lipinski definition) is 2. The van der Waals surface area contributed by atoms with Crippen molar-refractivity contribution in [1.82, 2.24) is 10.3 Å². The molecule has 2 N–H and O–H groups in total. The lowest BCUT2D eigenvalue weighted by Crippen LogP contribution is -2.58. The summed E-state index contributed by atoms with van der Waals surface area (Å²) in [6.45, 7) is 0. The molecule has 3 aromatic carbocycles. The fourth-order valence-corrected chi connectivity index (χ4v) is 5.65. The number of carbonyl (C=O) groups excluding carboxylic acids is 1. The van der Waals surface area contributed by atoms with Gasteiger partial charge < -0.3 is 14.6 Å². The first-order valence-electron chi connectivity index (χ1n) is 10.9. The van der Waals surface area contributed by atoms with Gasteiger partial charge in [0.05, 0.1) is 23.8 Å². The van der Waals surface area contributed by atoms with E-state index in [1.54, 1.807) is 24.3 Å². The number of carbonyl (C=O) groups is 1. The first-order valence-corrected chi connectivity index (χ1v) is 11.7. The first kappa shape index (κ1) is 20.7. The lowest BCUT2D eigenvalue weighted by atomic mass is 9.97. The van der Waals surface area contributed by atoms with Gasteiger partial charge in [-0.2, -0.15) is 5.10 Å². The second kappa shape index (κ2) is 7.85. The molecule has 8 heteroatoms. The van der Waals surface area contributed by atoms with Crippen LogP contribution < -0.4 is 14.8 Å². The number of fused-ring (bicyclic) bond motifs is 4. The summed E-state index contributed by atoms with van der Waals surface area (Å²) in [5.74, 6) is 0.860. The number of rotatable bonds is 3. The molecule has 1 saturated heterocycles. The molecule has 0 aliphatic carbocycles. The third-order valence-electron chi connectivity index (χ3n) is 6.09. The summed E-state index contributed by atoms with van der Waals surface area (Å²) in [5.41, 5.74) is 3.76. The van der Waals surface area contributed by atoms with Crippen LogP contribution in [-0.2, 0) is 4.79 Å². The fraction of sp³-hybridized carbons (Fsp3) is 0.154. The lowest BCUT2D eigenvalue weighted by Gasteiger charge is -2.43. The van der Waals surface area contributed by atoms with Gasteiger partial charge in [-0.15, -0.1) is 0 Å². The lowest BCUT2D eigenvalue weighted by molar-refractivity contribution is -0.127. The minimum Gasteiger partial charge on any atom is -0.504 e. The van der Waals surface area contributed by atoms with Crippen molar-refractivity contribution in [3.8, 4) is 17.2 Å². The molecule has 1 spiro atoms. The van der Waals surface area contributed by atoms with Crippen molar-refractivity contribution in [3.05, 3.63) is 94.4 Å². The van der Waals surface area contributed by atoms with Crippen LogP contribution >= 0.6 is 11.8 Å². The van der Waals surface area contributed by atoms with Gasteiger partial charge >= 0.3 is 5.18 Å². The van der Waals surface area contributed by atoms with Crippen LogP contribution in [0.15, 0.2) is 82.8 Å². The van der Waals surface area contributed by atoms with E-state index in [-0.39, 0.29) is 17.7 Å². The molecule has 3 aliphatic rings. The number of amides is 1. The molecule has 3 aliphatic heterocycles. The maximum atomic E-state index is 13.1. The van der Waals surface area contributed by atoms with Crippen LogP contribution in [0.2, 0.25) is 0 Å². The standard InChI is InChI=1S/C26H21N3O4S/c1-32-23-13-16(11-12-21(23)30)14-24-25(31)27-26(34-24)29-20(18-9-5-6-10-22(18)33-26)15-19(28-29)17-7-3-2-4-8-17/h2-14,20,30H,15H2,1H3,(H,27,31)/b24-14-/t20-,26+/m0/s1. The van der Waals surface area contributed by atoms with E-state index < -0.39 is 5.18 Å². The maximum absolute atomic E-state index is 13.1. The zero-order chi connectivity index (χ0) is 23.3. The molecule has 0 bridgehead atoms. The molecule has 0 aromatic heterocycles. The van der Waals surface area contributed by atoms with Crippen molar-refractivity contribution in [2.75, 3.05) is 7.11 Å². The minimum atomic E-state index is -1.19. The molecule has 6 rings (SSSR count). The Morgan fingerprint density at radius 2 is 1.97 bits per heavy atom. The van der Waals surface area contributed by atoms with Crippen molar-refractivity contribution >= 4 is 29.5 Å².